The number of hydrogen-bond donors (Lipinski definition) is 2. The number of para-hydroxylation sites is 1. The molecule has 3 aromatic rings. The van der Waals surface area contributed by atoms with E-state index >= 15 is 0 Å². The average molecular weight is 298 g/mol. The van der Waals surface area contributed by atoms with E-state index in [9.17, 15) is 0 Å². The van der Waals surface area contributed by atoms with Gasteiger partial charge in [0.1, 0.15) is 10.6 Å². The first-order valence-electron chi connectivity index (χ1n) is 7.09. The minimum Gasteiger partial charge on any atom is -0.357 e. The molecule has 108 valence electrons. The molecule has 2 N–H and O–H groups in total. The zero-order valence-electron chi connectivity index (χ0n) is 12.2. The molecule has 0 atom stereocenters. The van der Waals surface area contributed by atoms with Gasteiger partial charge in [0, 0.05) is 12.7 Å². The summed E-state index contributed by atoms with van der Waals surface area (Å²) in [5.74, 6) is 1.49. The number of fused-ring (bicyclic) bond motifs is 1. The van der Waals surface area contributed by atoms with Crippen LogP contribution in [0.15, 0.2) is 35.7 Å². The van der Waals surface area contributed by atoms with Crippen molar-refractivity contribution in [2.45, 2.75) is 19.8 Å². The third-order valence-electron chi connectivity index (χ3n) is 3.34. The maximum atomic E-state index is 4.56. The van der Waals surface area contributed by atoms with Gasteiger partial charge in [-0.1, -0.05) is 31.5 Å². The zero-order chi connectivity index (χ0) is 14.7. The molecule has 0 aliphatic heterocycles. The highest BCUT2D eigenvalue weighted by Gasteiger charge is 2.10. The van der Waals surface area contributed by atoms with Gasteiger partial charge in [0.15, 0.2) is 0 Å². The maximum absolute atomic E-state index is 4.56. The number of anilines is 3. The number of thiophene rings is 1. The van der Waals surface area contributed by atoms with Crippen molar-refractivity contribution in [3.8, 4) is 0 Å². The number of benzene rings is 1. The van der Waals surface area contributed by atoms with Gasteiger partial charge in [-0.2, -0.15) is 4.98 Å². The van der Waals surface area contributed by atoms with Gasteiger partial charge in [0.2, 0.25) is 5.95 Å². The lowest BCUT2D eigenvalue weighted by Gasteiger charge is -2.12. The molecule has 0 saturated heterocycles. The number of rotatable bonds is 5. The van der Waals surface area contributed by atoms with Gasteiger partial charge >= 0.3 is 0 Å². The van der Waals surface area contributed by atoms with Crippen molar-refractivity contribution >= 4 is 39.0 Å². The molecule has 0 bridgehead atoms. The highest BCUT2D eigenvalue weighted by molar-refractivity contribution is 7.16. The Morgan fingerprint density at radius 1 is 1.14 bits per heavy atom. The van der Waals surface area contributed by atoms with E-state index in [2.05, 4.69) is 51.8 Å². The second kappa shape index (κ2) is 6.10. The summed E-state index contributed by atoms with van der Waals surface area (Å²) in [7, 11) is 1.84. The Morgan fingerprint density at radius 3 is 2.81 bits per heavy atom. The topological polar surface area (TPSA) is 49.8 Å². The SMILES string of the molecule is CCCc1ccccc1Nc1nc(NC)nc2sccc12. The van der Waals surface area contributed by atoms with Crippen LogP contribution in [-0.4, -0.2) is 17.0 Å². The second-order valence-electron chi connectivity index (χ2n) is 4.82. The molecular formula is C16H18N4S. The van der Waals surface area contributed by atoms with E-state index in [0.29, 0.717) is 5.95 Å². The van der Waals surface area contributed by atoms with Crippen LogP contribution in [0.25, 0.3) is 10.2 Å². The van der Waals surface area contributed by atoms with E-state index in [4.69, 9.17) is 0 Å². The van der Waals surface area contributed by atoms with Crippen molar-refractivity contribution in [2.75, 3.05) is 17.7 Å². The van der Waals surface area contributed by atoms with E-state index in [1.54, 1.807) is 11.3 Å². The van der Waals surface area contributed by atoms with Crippen LogP contribution in [0.5, 0.6) is 0 Å². The minimum atomic E-state index is 0.639. The summed E-state index contributed by atoms with van der Waals surface area (Å²) in [6, 6.07) is 10.5. The number of aromatic nitrogens is 2. The first-order valence-corrected chi connectivity index (χ1v) is 7.97. The first kappa shape index (κ1) is 13.8. The molecule has 1 aromatic carbocycles. The molecule has 0 saturated carbocycles. The Labute approximate surface area is 128 Å². The molecule has 0 spiro atoms. The normalized spacial score (nSPS) is 10.8. The van der Waals surface area contributed by atoms with Crippen molar-refractivity contribution in [1.29, 1.82) is 0 Å². The molecule has 0 fully saturated rings. The van der Waals surface area contributed by atoms with Gasteiger partial charge < -0.3 is 10.6 Å². The van der Waals surface area contributed by atoms with E-state index in [1.165, 1.54) is 5.56 Å². The molecule has 0 aliphatic rings. The monoisotopic (exact) mass is 298 g/mol. The van der Waals surface area contributed by atoms with Crippen LogP contribution < -0.4 is 10.6 Å². The Balaban J connectivity index is 2.03. The molecule has 21 heavy (non-hydrogen) atoms. The number of aryl methyl sites for hydroxylation is 1. The average Bonchev–Trinajstić information content (AvgIpc) is 2.98. The first-order chi connectivity index (χ1) is 10.3. The van der Waals surface area contributed by atoms with Gasteiger partial charge in [0.05, 0.1) is 5.39 Å². The summed E-state index contributed by atoms with van der Waals surface area (Å²) < 4.78 is 0. The Bertz CT molecular complexity index is 751. The third-order valence-corrected chi connectivity index (χ3v) is 4.15. The summed E-state index contributed by atoms with van der Waals surface area (Å²) in [5, 5.41) is 9.60. The minimum absolute atomic E-state index is 0.639. The van der Waals surface area contributed by atoms with Crippen LogP contribution in [-0.2, 0) is 6.42 Å². The fourth-order valence-electron chi connectivity index (χ4n) is 2.32. The van der Waals surface area contributed by atoms with Crippen LogP contribution in [0.4, 0.5) is 17.5 Å². The summed E-state index contributed by atoms with van der Waals surface area (Å²) >= 11 is 1.62. The van der Waals surface area contributed by atoms with Gasteiger partial charge in [0.25, 0.3) is 0 Å². The van der Waals surface area contributed by atoms with Gasteiger partial charge in [-0.05, 0) is 29.5 Å². The Hall–Kier alpha value is -2.14. The fraction of sp³-hybridized carbons (Fsp3) is 0.250. The maximum Gasteiger partial charge on any atom is 0.225 e. The third kappa shape index (κ3) is 2.83. The lowest BCUT2D eigenvalue weighted by Crippen LogP contribution is -2.02. The van der Waals surface area contributed by atoms with Gasteiger partial charge in [-0.25, -0.2) is 4.98 Å². The van der Waals surface area contributed by atoms with Crippen molar-refractivity contribution in [2.24, 2.45) is 0 Å². The standard InChI is InChI=1S/C16H18N4S/c1-3-6-11-7-4-5-8-13(11)18-14-12-9-10-21-15(12)20-16(17-2)19-14/h4-5,7-10H,3,6H2,1-2H3,(H2,17,18,19,20). The highest BCUT2D eigenvalue weighted by Crippen LogP contribution is 2.30. The van der Waals surface area contributed by atoms with Crippen molar-refractivity contribution in [3.63, 3.8) is 0 Å². The van der Waals surface area contributed by atoms with Crippen LogP contribution in [0, 0.1) is 0 Å². The van der Waals surface area contributed by atoms with Crippen molar-refractivity contribution < 1.29 is 0 Å². The molecule has 0 aliphatic carbocycles. The fourth-order valence-corrected chi connectivity index (χ4v) is 3.08. The molecular weight excluding hydrogens is 280 g/mol. The quantitative estimate of drug-likeness (QED) is 0.731. The van der Waals surface area contributed by atoms with Crippen LogP contribution in [0.3, 0.4) is 0 Å². The molecule has 2 heterocycles. The molecule has 3 rings (SSSR count). The molecule has 4 nitrogen and oxygen atoms in total. The molecule has 0 amide bonds. The van der Waals surface area contributed by atoms with Crippen molar-refractivity contribution in [1.82, 2.24) is 9.97 Å². The molecule has 2 aromatic heterocycles. The number of nitrogens with one attached hydrogen (secondary N) is 2. The Morgan fingerprint density at radius 2 is 2.00 bits per heavy atom. The summed E-state index contributed by atoms with van der Waals surface area (Å²) in [6.45, 7) is 2.19. The van der Waals surface area contributed by atoms with E-state index in [1.807, 2.05) is 18.5 Å². The van der Waals surface area contributed by atoms with Crippen LogP contribution in [0.1, 0.15) is 18.9 Å². The zero-order valence-corrected chi connectivity index (χ0v) is 13.0. The predicted octanol–water partition coefficient (Wildman–Crippen LogP) is 4.43. The summed E-state index contributed by atoms with van der Waals surface area (Å²) in [6.07, 6.45) is 2.18. The van der Waals surface area contributed by atoms with E-state index in [-0.39, 0.29) is 0 Å². The molecule has 0 radical (unpaired) electrons. The van der Waals surface area contributed by atoms with Crippen LogP contribution in [0.2, 0.25) is 0 Å². The predicted molar refractivity (Wildman–Crippen MR) is 90.7 cm³/mol. The molecule has 0 unspecified atom stereocenters. The van der Waals surface area contributed by atoms with Crippen molar-refractivity contribution in [3.05, 3.63) is 41.3 Å². The molecule has 5 heteroatoms. The second-order valence-corrected chi connectivity index (χ2v) is 5.71. The number of hydrogen-bond acceptors (Lipinski definition) is 5. The Kier molecular flexibility index (Phi) is 4.01. The smallest absolute Gasteiger partial charge is 0.225 e. The lowest BCUT2D eigenvalue weighted by atomic mass is 10.1. The van der Waals surface area contributed by atoms with E-state index < -0.39 is 0 Å². The lowest BCUT2D eigenvalue weighted by molar-refractivity contribution is 0.923. The largest absolute Gasteiger partial charge is 0.357 e. The van der Waals surface area contributed by atoms with Gasteiger partial charge in [-0.15, -0.1) is 11.3 Å². The highest BCUT2D eigenvalue weighted by atomic mass is 32.1. The van der Waals surface area contributed by atoms with Crippen LogP contribution >= 0.6 is 11.3 Å². The van der Waals surface area contributed by atoms with Gasteiger partial charge in [-0.3, -0.25) is 0 Å². The summed E-state index contributed by atoms with van der Waals surface area (Å²) in [4.78, 5) is 10.0. The number of nitrogens with zero attached hydrogens (tertiary/aromatic N) is 2. The van der Waals surface area contributed by atoms with E-state index in [0.717, 1.165) is 34.6 Å². The summed E-state index contributed by atoms with van der Waals surface area (Å²) in [5.41, 5.74) is 2.43.